The maximum absolute atomic E-state index is 12.2. The van der Waals surface area contributed by atoms with E-state index in [9.17, 15) is 13.2 Å². The van der Waals surface area contributed by atoms with Gasteiger partial charge in [0.25, 0.3) is 0 Å². The second-order valence-corrected chi connectivity index (χ2v) is 8.63. The van der Waals surface area contributed by atoms with Crippen LogP contribution < -0.4 is 14.4 Å². The smallest absolute Gasteiger partial charge is 0.232 e. The van der Waals surface area contributed by atoms with Crippen molar-refractivity contribution < 1.29 is 17.9 Å². The molecule has 0 saturated carbocycles. The van der Waals surface area contributed by atoms with Crippen LogP contribution in [0.3, 0.4) is 0 Å². The van der Waals surface area contributed by atoms with Gasteiger partial charge < -0.3 is 10.1 Å². The molecule has 0 heterocycles. The third-order valence-electron chi connectivity index (χ3n) is 4.38. The standard InChI is InChI=1S/C21H28N2O4S/c1-17-11-12-19(16-18(17)2)23(28(3,25)26)14-7-10-21(24)22-13-15-27-20-8-5-4-6-9-20/h4-6,8-9,11-12,16H,7,10,13-15H2,1-3H3,(H,22,24). The molecule has 0 aliphatic carbocycles. The van der Waals surface area contributed by atoms with Crippen molar-refractivity contribution in [2.75, 3.05) is 30.3 Å². The molecule has 2 aromatic rings. The summed E-state index contributed by atoms with van der Waals surface area (Å²) in [6, 6.07) is 15.0. The topological polar surface area (TPSA) is 75.7 Å². The van der Waals surface area contributed by atoms with Crippen LogP contribution in [0.25, 0.3) is 0 Å². The lowest BCUT2D eigenvalue weighted by molar-refractivity contribution is -0.121. The predicted molar refractivity (Wildman–Crippen MR) is 112 cm³/mol. The molecule has 6 nitrogen and oxygen atoms in total. The number of nitrogens with one attached hydrogen (secondary N) is 1. The zero-order chi connectivity index (χ0) is 20.6. The van der Waals surface area contributed by atoms with Crippen molar-refractivity contribution in [3.63, 3.8) is 0 Å². The zero-order valence-corrected chi connectivity index (χ0v) is 17.5. The fraction of sp³-hybridized carbons (Fsp3) is 0.381. The number of anilines is 1. The summed E-state index contributed by atoms with van der Waals surface area (Å²) in [4.78, 5) is 12.0. The summed E-state index contributed by atoms with van der Waals surface area (Å²) in [5, 5.41) is 2.79. The lowest BCUT2D eigenvalue weighted by Crippen LogP contribution is -2.33. The Balaban J connectivity index is 1.78. The van der Waals surface area contributed by atoms with Gasteiger partial charge in [0.05, 0.1) is 18.5 Å². The average Bonchev–Trinajstić information content (AvgIpc) is 2.65. The van der Waals surface area contributed by atoms with E-state index in [0.29, 0.717) is 25.3 Å². The monoisotopic (exact) mass is 404 g/mol. The van der Waals surface area contributed by atoms with E-state index < -0.39 is 10.0 Å². The molecular weight excluding hydrogens is 376 g/mol. The fourth-order valence-electron chi connectivity index (χ4n) is 2.71. The maximum atomic E-state index is 12.2. The summed E-state index contributed by atoms with van der Waals surface area (Å²) in [6.07, 6.45) is 1.87. The second kappa shape index (κ2) is 10.1. The van der Waals surface area contributed by atoms with Crippen molar-refractivity contribution >= 4 is 21.6 Å². The quantitative estimate of drug-likeness (QED) is 0.618. The number of carbonyl (C=O) groups is 1. The Morgan fingerprint density at radius 3 is 2.43 bits per heavy atom. The van der Waals surface area contributed by atoms with Gasteiger partial charge in [-0.1, -0.05) is 24.3 Å². The number of sulfonamides is 1. The largest absolute Gasteiger partial charge is 0.492 e. The van der Waals surface area contributed by atoms with Gasteiger partial charge in [-0.2, -0.15) is 0 Å². The number of rotatable bonds is 10. The first-order valence-corrected chi connectivity index (χ1v) is 11.1. The van der Waals surface area contributed by atoms with Crippen molar-refractivity contribution in [2.45, 2.75) is 26.7 Å². The normalized spacial score (nSPS) is 11.1. The Hall–Kier alpha value is -2.54. The summed E-state index contributed by atoms with van der Waals surface area (Å²) in [7, 11) is -3.42. The van der Waals surface area contributed by atoms with Gasteiger partial charge in [0.1, 0.15) is 12.4 Å². The molecule has 7 heteroatoms. The minimum Gasteiger partial charge on any atom is -0.492 e. The highest BCUT2D eigenvalue weighted by atomic mass is 32.2. The van der Waals surface area contributed by atoms with Gasteiger partial charge in [0.2, 0.25) is 15.9 Å². The number of amides is 1. The summed E-state index contributed by atoms with van der Waals surface area (Å²) >= 11 is 0. The molecule has 0 fully saturated rings. The van der Waals surface area contributed by atoms with E-state index in [1.54, 1.807) is 6.07 Å². The molecule has 0 aliphatic rings. The number of benzene rings is 2. The number of nitrogens with zero attached hydrogens (tertiary/aromatic N) is 1. The van der Waals surface area contributed by atoms with Crippen LogP contribution in [0.15, 0.2) is 48.5 Å². The summed E-state index contributed by atoms with van der Waals surface area (Å²) < 4.78 is 31.2. The van der Waals surface area contributed by atoms with Gasteiger partial charge in [-0.05, 0) is 55.7 Å². The lowest BCUT2D eigenvalue weighted by atomic mass is 10.1. The van der Waals surface area contributed by atoms with Crippen molar-refractivity contribution in [3.8, 4) is 5.75 Å². The maximum Gasteiger partial charge on any atom is 0.232 e. The fourth-order valence-corrected chi connectivity index (χ4v) is 3.67. The van der Waals surface area contributed by atoms with Crippen molar-refractivity contribution in [1.82, 2.24) is 5.32 Å². The molecule has 1 amide bonds. The average molecular weight is 405 g/mol. The minimum atomic E-state index is -3.42. The van der Waals surface area contributed by atoms with Crippen LogP contribution in [0.2, 0.25) is 0 Å². The number of hydrogen-bond donors (Lipinski definition) is 1. The Morgan fingerprint density at radius 1 is 1.07 bits per heavy atom. The highest BCUT2D eigenvalue weighted by molar-refractivity contribution is 7.92. The van der Waals surface area contributed by atoms with Gasteiger partial charge in [-0.15, -0.1) is 0 Å². The SMILES string of the molecule is Cc1ccc(N(CCCC(=O)NCCOc2ccccc2)S(C)(=O)=O)cc1C. The van der Waals surface area contributed by atoms with Crippen molar-refractivity contribution in [1.29, 1.82) is 0 Å². The van der Waals surface area contributed by atoms with E-state index in [1.165, 1.54) is 10.6 Å². The van der Waals surface area contributed by atoms with Crippen LogP contribution in [0.5, 0.6) is 5.75 Å². The van der Waals surface area contributed by atoms with Crippen LogP contribution >= 0.6 is 0 Å². The molecule has 0 radical (unpaired) electrons. The third-order valence-corrected chi connectivity index (χ3v) is 5.57. The summed E-state index contributed by atoms with van der Waals surface area (Å²) in [5.41, 5.74) is 2.76. The first kappa shape index (κ1) is 21.8. The molecule has 0 spiro atoms. The zero-order valence-electron chi connectivity index (χ0n) is 16.6. The number of para-hydroxylation sites is 1. The molecule has 0 aliphatic heterocycles. The molecule has 2 aromatic carbocycles. The van der Waals surface area contributed by atoms with Crippen molar-refractivity contribution in [3.05, 3.63) is 59.7 Å². The van der Waals surface area contributed by atoms with Crippen molar-refractivity contribution in [2.24, 2.45) is 0 Å². The van der Waals surface area contributed by atoms with Crippen LogP contribution in [-0.4, -0.2) is 40.3 Å². The Morgan fingerprint density at radius 2 is 1.79 bits per heavy atom. The van der Waals surface area contributed by atoms with Gasteiger partial charge in [0.15, 0.2) is 0 Å². The highest BCUT2D eigenvalue weighted by Gasteiger charge is 2.18. The highest BCUT2D eigenvalue weighted by Crippen LogP contribution is 2.21. The molecule has 0 saturated heterocycles. The van der Waals surface area contributed by atoms with Crippen LogP contribution in [0, 0.1) is 13.8 Å². The molecule has 0 aromatic heterocycles. The van der Waals surface area contributed by atoms with Gasteiger partial charge >= 0.3 is 0 Å². The van der Waals surface area contributed by atoms with Gasteiger partial charge in [0, 0.05) is 13.0 Å². The molecule has 152 valence electrons. The molecule has 0 bridgehead atoms. The van der Waals surface area contributed by atoms with Gasteiger partial charge in [-0.25, -0.2) is 8.42 Å². The predicted octanol–water partition coefficient (Wildman–Crippen LogP) is 3.04. The number of ether oxygens (including phenoxy) is 1. The van der Waals surface area contributed by atoms with E-state index in [0.717, 1.165) is 16.9 Å². The molecular formula is C21H28N2O4S. The number of carbonyl (C=O) groups excluding carboxylic acids is 1. The lowest BCUT2D eigenvalue weighted by Gasteiger charge is -2.23. The summed E-state index contributed by atoms with van der Waals surface area (Å²) in [5.74, 6) is 0.638. The molecule has 1 N–H and O–H groups in total. The number of hydrogen-bond acceptors (Lipinski definition) is 4. The number of aryl methyl sites for hydroxylation is 2. The molecule has 0 unspecified atom stereocenters. The first-order valence-electron chi connectivity index (χ1n) is 9.27. The molecule has 2 rings (SSSR count). The van der Waals surface area contributed by atoms with E-state index >= 15 is 0 Å². The Bertz CT molecular complexity index is 883. The second-order valence-electron chi connectivity index (χ2n) is 6.72. The minimum absolute atomic E-state index is 0.120. The van der Waals surface area contributed by atoms with E-state index in [2.05, 4.69) is 5.32 Å². The summed E-state index contributed by atoms with van der Waals surface area (Å²) in [6.45, 7) is 4.98. The third kappa shape index (κ3) is 6.88. The molecule has 0 atom stereocenters. The van der Waals surface area contributed by atoms with E-state index in [4.69, 9.17) is 4.74 Å². The van der Waals surface area contributed by atoms with E-state index in [-0.39, 0.29) is 18.9 Å². The first-order chi connectivity index (χ1) is 13.3. The Labute approximate surface area is 167 Å². The Kier molecular flexibility index (Phi) is 7.87. The van der Waals surface area contributed by atoms with Crippen LogP contribution in [0.1, 0.15) is 24.0 Å². The van der Waals surface area contributed by atoms with Crippen LogP contribution in [-0.2, 0) is 14.8 Å². The molecule has 28 heavy (non-hydrogen) atoms. The van der Waals surface area contributed by atoms with E-state index in [1.807, 2.05) is 56.3 Å². The van der Waals surface area contributed by atoms with Crippen LogP contribution in [0.4, 0.5) is 5.69 Å². The van der Waals surface area contributed by atoms with Gasteiger partial charge in [-0.3, -0.25) is 9.10 Å².